The third-order valence-corrected chi connectivity index (χ3v) is 5.10. The summed E-state index contributed by atoms with van der Waals surface area (Å²) in [7, 11) is 0. The molecular weight excluding hydrogens is 296 g/mol. The highest BCUT2D eigenvalue weighted by atomic mass is 16.7. The minimum atomic E-state index is -0.256. The molecule has 0 spiro atoms. The normalized spacial score (nSPS) is 22.3. The van der Waals surface area contributed by atoms with Crippen LogP contribution in [0, 0.1) is 11.3 Å². The van der Waals surface area contributed by atoms with Crippen LogP contribution >= 0.6 is 0 Å². The van der Waals surface area contributed by atoms with Crippen molar-refractivity contribution in [2.75, 3.05) is 0 Å². The fourth-order valence-electron chi connectivity index (χ4n) is 3.71. The van der Waals surface area contributed by atoms with Crippen molar-refractivity contribution < 1.29 is 9.47 Å². The molecule has 2 aliphatic rings. The lowest BCUT2D eigenvalue weighted by molar-refractivity contribution is -0.0728. The lowest BCUT2D eigenvalue weighted by Gasteiger charge is -2.47. The second kappa shape index (κ2) is 5.78. The lowest BCUT2D eigenvalue weighted by Crippen LogP contribution is -2.40. The van der Waals surface area contributed by atoms with Gasteiger partial charge < -0.3 is 9.47 Å². The monoisotopic (exact) mass is 320 g/mol. The van der Waals surface area contributed by atoms with Crippen molar-refractivity contribution in [2.24, 2.45) is 11.3 Å². The zero-order chi connectivity index (χ0) is 16.7. The number of ether oxygens (including phenoxy) is 2. The third-order valence-electron chi connectivity index (χ3n) is 5.10. The largest absolute Gasteiger partial charge is 0.460 e. The number of allylic oxidation sites excluding steroid dienone is 1. The number of rotatable bonds is 3. The molecule has 0 saturated heterocycles. The first-order chi connectivity index (χ1) is 11.5. The van der Waals surface area contributed by atoms with E-state index in [4.69, 9.17) is 9.47 Å². The Kier molecular flexibility index (Phi) is 3.73. The van der Waals surface area contributed by atoms with E-state index in [0.717, 1.165) is 12.2 Å². The molecule has 2 aromatic rings. The first-order valence-corrected chi connectivity index (χ1v) is 8.68. The Morgan fingerprint density at radius 3 is 2.46 bits per heavy atom. The van der Waals surface area contributed by atoms with Crippen LogP contribution in [0.1, 0.15) is 38.3 Å². The number of benzene rings is 2. The van der Waals surface area contributed by atoms with Gasteiger partial charge in [0.25, 0.3) is 0 Å². The predicted molar refractivity (Wildman–Crippen MR) is 96.6 cm³/mol. The van der Waals surface area contributed by atoms with E-state index in [1.54, 1.807) is 0 Å². The molecule has 124 valence electrons. The molecule has 1 heterocycles. The van der Waals surface area contributed by atoms with Crippen molar-refractivity contribution in [1.29, 1.82) is 0 Å². The highest BCUT2D eigenvalue weighted by molar-refractivity contribution is 5.82. The van der Waals surface area contributed by atoms with Crippen molar-refractivity contribution in [2.45, 2.75) is 40.1 Å². The molecule has 0 saturated carbocycles. The van der Waals surface area contributed by atoms with Gasteiger partial charge in [0.15, 0.2) is 0 Å². The molecule has 4 rings (SSSR count). The van der Waals surface area contributed by atoms with Crippen molar-refractivity contribution in [1.82, 2.24) is 0 Å². The van der Waals surface area contributed by atoms with Gasteiger partial charge >= 0.3 is 0 Å². The van der Waals surface area contributed by atoms with E-state index in [2.05, 4.69) is 51.1 Å². The van der Waals surface area contributed by atoms with E-state index >= 15 is 0 Å². The molecule has 24 heavy (non-hydrogen) atoms. The maximum Gasteiger partial charge on any atom is 0.223 e. The molecule has 0 radical (unpaired) electrons. The van der Waals surface area contributed by atoms with Crippen molar-refractivity contribution in [3.8, 4) is 5.75 Å². The van der Waals surface area contributed by atoms with Gasteiger partial charge in [-0.1, -0.05) is 69.3 Å². The minimum Gasteiger partial charge on any atom is -0.460 e. The summed E-state index contributed by atoms with van der Waals surface area (Å²) in [4.78, 5) is 0. The Bertz CT molecular complexity index is 768. The summed E-state index contributed by atoms with van der Waals surface area (Å²) in [5.41, 5.74) is 5.45. The second-order valence-corrected chi connectivity index (χ2v) is 7.80. The summed E-state index contributed by atoms with van der Waals surface area (Å²) in [6, 6.07) is 18.6. The summed E-state index contributed by atoms with van der Waals surface area (Å²) < 4.78 is 12.3. The fraction of sp³-hybridized carbons (Fsp3) is 0.364. The molecule has 0 N–H and O–H groups in total. The van der Waals surface area contributed by atoms with Crippen LogP contribution in [0.15, 0.2) is 60.2 Å². The maximum atomic E-state index is 6.17. The molecule has 0 bridgehead atoms. The average molecular weight is 320 g/mol. The van der Waals surface area contributed by atoms with Gasteiger partial charge in [-0.15, -0.1) is 0 Å². The van der Waals surface area contributed by atoms with Gasteiger partial charge in [-0.2, -0.15) is 0 Å². The van der Waals surface area contributed by atoms with Gasteiger partial charge in [0.2, 0.25) is 6.29 Å². The Balaban J connectivity index is 1.62. The standard InChI is InChI=1S/C22H24O2/c1-22(2,3)18-13-17-20(18)16-11-7-8-12-19(16)24-21(17)23-14-15-9-5-4-6-10-15/h4-12,18,21H,13-14H2,1-3H3. The van der Waals surface area contributed by atoms with Gasteiger partial charge in [0.05, 0.1) is 6.61 Å². The number of hydrogen-bond acceptors (Lipinski definition) is 2. The Labute approximate surface area is 144 Å². The van der Waals surface area contributed by atoms with Crippen molar-refractivity contribution in [3.63, 3.8) is 0 Å². The molecule has 2 heteroatoms. The van der Waals surface area contributed by atoms with Crippen LogP contribution in [0.25, 0.3) is 5.57 Å². The minimum absolute atomic E-state index is 0.256. The van der Waals surface area contributed by atoms with E-state index in [1.807, 2.05) is 24.3 Å². The molecule has 0 fully saturated rings. The smallest absolute Gasteiger partial charge is 0.223 e. The van der Waals surface area contributed by atoms with Gasteiger partial charge in [-0.05, 0) is 35.0 Å². The van der Waals surface area contributed by atoms with Crippen LogP contribution in [-0.4, -0.2) is 6.29 Å². The summed E-state index contributed by atoms with van der Waals surface area (Å²) in [6.45, 7) is 7.53. The number of para-hydroxylation sites is 1. The van der Waals surface area contributed by atoms with Crippen LogP contribution in [-0.2, 0) is 11.3 Å². The van der Waals surface area contributed by atoms with E-state index in [-0.39, 0.29) is 11.7 Å². The average Bonchev–Trinajstić information content (AvgIpc) is 2.52. The molecule has 0 aromatic heterocycles. The number of fused-ring (bicyclic) bond motifs is 2. The highest BCUT2D eigenvalue weighted by Gasteiger charge is 2.45. The highest BCUT2D eigenvalue weighted by Crippen LogP contribution is 2.56. The van der Waals surface area contributed by atoms with E-state index in [0.29, 0.717) is 12.5 Å². The maximum absolute atomic E-state index is 6.17. The number of hydrogen-bond donors (Lipinski definition) is 0. The van der Waals surface area contributed by atoms with Crippen LogP contribution in [0.5, 0.6) is 5.75 Å². The Morgan fingerprint density at radius 2 is 1.71 bits per heavy atom. The first kappa shape index (κ1) is 15.5. The fourth-order valence-corrected chi connectivity index (χ4v) is 3.71. The molecule has 2 unspecified atom stereocenters. The summed E-state index contributed by atoms with van der Waals surface area (Å²) in [5.74, 6) is 1.52. The van der Waals surface area contributed by atoms with Gasteiger partial charge in [-0.3, -0.25) is 0 Å². The van der Waals surface area contributed by atoms with Gasteiger partial charge in [0, 0.05) is 11.1 Å². The molecule has 2 nitrogen and oxygen atoms in total. The molecule has 1 aliphatic heterocycles. The van der Waals surface area contributed by atoms with Crippen LogP contribution in [0.4, 0.5) is 0 Å². The second-order valence-electron chi connectivity index (χ2n) is 7.80. The quantitative estimate of drug-likeness (QED) is 0.749. The van der Waals surface area contributed by atoms with Crippen molar-refractivity contribution >= 4 is 5.57 Å². The van der Waals surface area contributed by atoms with Crippen LogP contribution in [0.3, 0.4) is 0 Å². The predicted octanol–water partition coefficient (Wildman–Crippen LogP) is 5.44. The van der Waals surface area contributed by atoms with E-state index in [1.165, 1.54) is 22.3 Å². The first-order valence-electron chi connectivity index (χ1n) is 8.68. The van der Waals surface area contributed by atoms with E-state index in [9.17, 15) is 0 Å². The molecule has 2 atom stereocenters. The SMILES string of the molecule is CC(C)(C)C1CC2=C1c1ccccc1OC2OCc1ccccc1. The van der Waals surface area contributed by atoms with Gasteiger partial charge in [-0.25, -0.2) is 0 Å². The zero-order valence-electron chi connectivity index (χ0n) is 14.6. The Morgan fingerprint density at radius 1 is 1.00 bits per heavy atom. The summed E-state index contributed by atoms with van der Waals surface area (Å²) in [6.07, 6.45) is 0.806. The van der Waals surface area contributed by atoms with Crippen LogP contribution in [0.2, 0.25) is 0 Å². The summed E-state index contributed by atoms with van der Waals surface area (Å²) in [5, 5.41) is 0. The lowest BCUT2D eigenvalue weighted by atomic mass is 9.62. The molecule has 1 aliphatic carbocycles. The topological polar surface area (TPSA) is 18.5 Å². The van der Waals surface area contributed by atoms with E-state index < -0.39 is 0 Å². The third kappa shape index (κ3) is 2.65. The summed E-state index contributed by atoms with van der Waals surface area (Å²) >= 11 is 0. The zero-order valence-corrected chi connectivity index (χ0v) is 14.6. The molecular formula is C22H24O2. The van der Waals surface area contributed by atoms with Crippen LogP contribution < -0.4 is 4.74 Å². The Hall–Kier alpha value is -2.06. The molecule has 2 aromatic carbocycles. The van der Waals surface area contributed by atoms with Gasteiger partial charge in [0.1, 0.15) is 5.75 Å². The van der Waals surface area contributed by atoms with Crippen molar-refractivity contribution in [3.05, 3.63) is 71.3 Å². The molecule has 0 amide bonds.